The molecule has 0 saturated heterocycles. The fourth-order valence-corrected chi connectivity index (χ4v) is 2.70. The van der Waals surface area contributed by atoms with Gasteiger partial charge in [-0.25, -0.2) is 9.37 Å². The van der Waals surface area contributed by atoms with Crippen molar-refractivity contribution in [2.45, 2.75) is 0 Å². The highest BCUT2D eigenvalue weighted by Gasteiger charge is 2.09. The molecule has 0 bridgehead atoms. The summed E-state index contributed by atoms with van der Waals surface area (Å²) in [6.45, 7) is 0. The Morgan fingerprint density at radius 2 is 1.65 bits per heavy atom. The third kappa shape index (κ3) is 2.44. The lowest BCUT2D eigenvalue weighted by Crippen LogP contribution is -1.86. The van der Waals surface area contributed by atoms with Crippen molar-refractivity contribution in [2.24, 2.45) is 0 Å². The largest absolute Gasteiger partial charge is 0.508 e. The monoisotopic (exact) mass is 304 g/mol. The number of aromatic hydroxyl groups is 1. The number of halogens is 1. The summed E-state index contributed by atoms with van der Waals surface area (Å²) in [4.78, 5) is 7.07. The molecule has 0 aliphatic heterocycles. The molecule has 0 aliphatic carbocycles. The lowest BCUT2D eigenvalue weighted by molar-refractivity contribution is 0.475. The normalized spacial score (nSPS) is 11.0. The molecule has 4 aromatic rings. The fourth-order valence-electron chi connectivity index (χ4n) is 2.70. The number of aromatic amines is 1. The van der Waals surface area contributed by atoms with Crippen molar-refractivity contribution in [3.05, 3.63) is 72.8 Å². The molecule has 4 heteroatoms. The van der Waals surface area contributed by atoms with E-state index in [9.17, 15) is 9.50 Å². The molecule has 0 fully saturated rings. The zero-order valence-corrected chi connectivity index (χ0v) is 12.1. The Morgan fingerprint density at radius 1 is 0.870 bits per heavy atom. The highest BCUT2D eigenvalue weighted by atomic mass is 19.1. The second-order valence-electron chi connectivity index (χ2n) is 5.38. The predicted molar refractivity (Wildman–Crippen MR) is 88.6 cm³/mol. The van der Waals surface area contributed by atoms with Gasteiger partial charge in [-0.1, -0.05) is 36.4 Å². The second kappa shape index (κ2) is 5.25. The topological polar surface area (TPSA) is 48.9 Å². The van der Waals surface area contributed by atoms with Crippen molar-refractivity contribution in [1.29, 1.82) is 0 Å². The highest BCUT2D eigenvalue weighted by Crippen LogP contribution is 2.29. The van der Waals surface area contributed by atoms with Gasteiger partial charge in [0.1, 0.15) is 11.6 Å². The van der Waals surface area contributed by atoms with Crippen LogP contribution in [0, 0.1) is 5.82 Å². The zero-order chi connectivity index (χ0) is 15.8. The number of benzene rings is 3. The Bertz CT molecular complexity index is 990. The summed E-state index contributed by atoms with van der Waals surface area (Å²) < 4.78 is 14.3. The quantitative estimate of drug-likeness (QED) is 0.562. The first kappa shape index (κ1) is 13.5. The molecule has 3 nitrogen and oxygen atoms in total. The van der Waals surface area contributed by atoms with E-state index in [1.807, 2.05) is 30.3 Å². The van der Waals surface area contributed by atoms with Crippen molar-refractivity contribution < 1.29 is 9.50 Å². The maximum absolute atomic E-state index is 14.3. The van der Waals surface area contributed by atoms with E-state index < -0.39 is 0 Å². The first-order chi connectivity index (χ1) is 11.2. The van der Waals surface area contributed by atoms with Crippen LogP contribution in [0.4, 0.5) is 4.39 Å². The van der Waals surface area contributed by atoms with E-state index in [-0.39, 0.29) is 11.6 Å². The summed E-state index contributed by atoms with van der Waals surface area (Å²) in [5.74, 6) is -0.0616. The summed E-state index contributed by atoms with van der Waals surface area (Å²) >= 11 is 0. The average molecular weight is 304 g/mol. The number of nitrogens with one attached hydrogen (secondary N) is 1. The van der Waals surface area contributed by atoms with E-state index in [1.54, 1.807) is 30.6 Å². The van der Waals surface area contributed by atoms with Crippen LogP contribution in [0.25, 0.3) is 33.3 Å². The molecule has 1 heterocycles. The molecule has 0 amide bonds. The van der Waals surface area contributed by atoms with E-state index >= 15 is 0 Å². The van der Waals surface area contributed by atoms with Crippen molar-refractivity contribution in [1.82, 2.24) is 9.97 Å². The van der Waals surface area contributed by atoms with Crippen LogP contribution in [-0.2, 0) is 0 Å². The van der Waals surface area contributed by atoms with Crippen LogP contribution in [0.2, 0.25) is 0 Å². The molecule has 0 saturated carbocycles. The molecule has 0 aliphatic rings. The summed E-state index contributed by atoms with van der Waals surface area (Å²) in [5.41, 5.74) is 4.61. The Kier molecular flexibility index (Phi) is 3.08. The summed E-state index contributed by atoms with van der Waals surface area (Å²) in [5, 5.41) is 9.56. The Balaban J connectivity index is 1.76. The number of imidazole rings is 1. The van der Waals surface area contributed by atoms with Crippen LogP contribution in [0.5, 0.6) is 5.75 Å². The van der Waals surface area contributed by atoms with E-state index in [1.165, 1.54) is 6.07 Å². The van der Waals surface area contributed by atoms with Gasteiger partial charge in [0.2, 0.25) is 0 Å². The van der Waals surface area contributed by atoms with E-state index in [0.29, 0.717) is 11.1 Å². The minimum absolute atomic E-state index is 0.224. The van der Waals surface area contributed by atoms with E-state index in [4.69, 9.17) is 0 Å². The van der Waals surface area contributed by atoms with Crippen LogP contribution in [0.3, 0.4) is 0 Å². The minimum atomic E-state index is -0.285. The molecular formula is C19H13FN2O. The molecule has 0 radical (unpaired) electrons. The summed E-state index contributed by atoms with van der Waals surface area (Å²) in [7, 11) is 0. The number of phenols is 1. The number of hydrogen-bond acceptors (Lipinski definition) is 2. The van der Waals surface area contributed by atoms with Crippen molar-refractivity contribution in [3.63, 3.8) is 0 Å². The third-order valence-corrected chi connectivity index (χ3v) is 3.88. The molecule has 0 unspecified atom stereocenters. The third-order valence-electron chi connectivity index (χ3n) is 3.88. The standard InChI is InChI=1S/C19H13FN2O/c20-17-10-19-18(21-11-22-19)9-16(17)13-6-4-12(5-7-13)14-2-1-3-15(23)8-14/h1-11,23H,(H,21,22). The van der Waals surface area contributed by atoms with Crippen molar-refractivity contribution in [2.75, 3.05) is 0 Å². The number of rotatable bonds is 2. The van der Waals surface area contributed by atoms with Gasteiger partial charge in [0.15, 0.2) is 0 Å². The molecule has 3 aromatic carbocycles. The average Bonchev–Trinajstić information content (AvgIpc) is 3.01. The second-order valence-corrected chi connectivity index (χ2v) is 5.38. The van der Waals surface area contributed by atoms with Gasteiger partial charge in [0, 0.05) is 11.6 Å². The Labute approximate surface area is 132 Å². The molecule has 23 heavy (non-hydrogen) atoms. The lowest BCUT2D eigenvalue weighted by atomic mass is 9.99. The summed E-state index contributed by atoms with van der Waals surface area (Å²) in [6, 6.07) is 17.8. The minimum Gasteiger partial charge on any atom is -0.508 e. The zero-order valence-electron chi connectivity index (χ0n) is 12.1. The number of hydrogen-bond donors (Lipinski definition) is 2. The van der Waals surface area contributed by atoms with Gasteiger partial charge in [-0.2, -0.15) is 0 Å². The Hall–Kier alpha value is -3.14. The van der Waals surface area contributed by atoms with Gasteiger partial charge in [-0.15, -0.1) is 0 Å². The van der Waals surface area contributed by atoms with Crippen LogP contribution >= 0.6 is 0 Å². The maximum Gasteiger partial charge on any atom is 0.133 e. The van der Waals surface area contributed by atoms with Gasteiger partial charge < -0.3 is 10.1 Å². The lowest BCUT2D eigenvalue weighted by Gasteiger charge is -2.07. The Morgan fingerprint density at radius 3 is 2.43 bits per heavy atom. The molecule has 4 rings (SSSR count). The number of H-pyrrole nitrogens is 1. The van der Waals surface area contributed by atoms with Gasteiger partial charge in [0.25, 0.3) is 0 Å². The number of fused-ring (bicyclic) bond motifs is 1. The van der Waals surface area contributed by atoms with Gasteiger partial charge in [0.05, 0.1) is 17.4 Å². The number of nitrogens with zero attached hydrogens (tertiary/aromatic N) is 1. The highest BCUT2D eigenvalue weighted by molar-refractivity contribution is 5.82. The summed E-state index contributed by atoms with van der Waals surface area (Å²) in [6.07, 6.45) is 1.55. The molecule has 2 N–H and O–H groups in total. The number of aromatic nitrogens is 2. The first-order valence-corrected chi connectivity index (χ1v) is 7.23. The van der Waals surface area contributed by atoms with E-state index in [2.05, 4.69) is 9.97 Å². The van der Waals surface area contributed by atoms with Gasteiger partial charge in [-0.3, -0.25) is 0 Å². The molecule has 112 valence electrons. The van der Waals surface area contributed by atoms with Crippen LogP contribution < -0.4 is 0 Å². The van der Waals surface area contributed by atoms with Crippen molar-refractivity contribution >= 4 is 11.0 Å². The SMILES string of the molecule is Oc1cccc(-c2ccc(-c3cc4nc[nH]c4cc3F)cc2)c1. The predicted octanol–water partition coefficient (Wildman–Crippen LogP) is 4.74. The van der Waals surface area contributed by atoms with Crippen LogP contribution in [-0.4, -0.2) is 15.1 Å². The van der Waals surface area contributed by atoms with Gasteiger partial charge in [-0.05, 0) is 34.9 Å². The smallest absolute Gasteiger partial charge is 0.133 e. The van der Waals surface area contributed by atoms with Crippen LogP contribution in [0.15, 0.2) is 67.0 Å². The van der Waals surface area contributed by atoms with Gasteiger partial charge >= 0.3 is 0 Å². The first-order valence-electron chi connectivity index (χ1n) is 7.23. The fraction of sp³-hybridized carbons (Fsp3) is 0. The maximum atomic E-state index is 14.3. The molecule has 0 atom stereocenters. The number of phenolic OH excluding ortho intramolecular Hbond substituents is 1. The van der Waals surface area contributed by atoms with E-state index in [0.717, 1.165) is 22.2 Å². The molecule has 1 aromatic heterocycles. The van der Waals surface area contributed by atoms with Crippen LogP contribution in [0.1, 0.15) is 0 Å². The molecule has 0 spiro atoms. The van der Waals surface area contributed by atoms with Crippen molar-refractivity contribution in [3.8, 4) is 28.0 Å². The molecular weight excluding hydrogens is 291 g/mol.